The maximum absolute atomic E-state index is 4.60. The van der Waals surface area contributed by atoms with Crippen LogP contribution in [0.5, 0.6) is 0 Å². The molecule has 0 radical (unpaired) electrons. The van der Waals surface area contributed by atoms with Crippen LogP contribution in [0.25, 0.3) is 16.9 Å². The number of nitrogens with zero attached hydrogens (tertiary/aromatic N) is 9. The van der Waals surface area contributed by atoms with E-state index in [0.717, 1.165) is 28.5 Å². The molecule has 5 rings (SSSR count). The van der Waals surface area contributed by atoms with Gasteiger partial charge < -0.3 is 5.32 Å². The summed E-state index contributed by atoms with van der Waals surface area (Å²) in [5.41, 5.74) is 2.43. The zero-order valence-electron chi connectivity index (χ0n) is 15.5. The second kappa shape index (κ2) is 7.08. The van der Waals surface area contributed by atoms with E-state index in [1.165, 1.54) is 0 Å². The zero-order chi connectivity index (χ0) is 19.6. The molecule has 1 N–H and O–H groups in total. The van der Waals surface area contributed by atoms with Gasteiger partial charge in [0.15, 0.2) is 5.65 Å². The van der Waals surface area contributed by atoms with Crippen molar-refractivity contribution in [3.05, 3.63) is 73.0 Å². The molecule has 0 fully saturated rings. The van der Waals surface area contributed by atoms with Crippen LogP contribution in [0.3, 0.4) is 0 Å². The summed E-state index contributed by atoms with van der Waals surface area (Å²) in [5.74, 6) is 2.78. The quantitative estimate of drug-likeness (QED) is 0.490. The molecule has 0 unspecified atom stereocenters. The van der Waals surface area contributed by atoms with Gasteiger partial charge in [-0.3, -0.25) is 9.08 Å². The fourth-order valence-corrected chi connectivity index (χ4v) is 2.97. The Balaban J connectivity index is 1.44. The molecule has 0 amide bonds. The summed E-state index contributed by atoms with van der Waals surface area (Å²) in [6.07, 6.45) is 9.30. The van der Waals surface area contributed by atoms with Crippen molar-refractivity contribution in [2.75, 3.05) is 5.32 Å². The van der Waals surface area contributed by atoms with Crippen LogP contribution in [-0.2, 0) is 13.5 Å². The van der Waals surface area contributed by atoms with Crippen LogP contribution in [0.15, 0.2) is 61.3 Å². The van der Waals surface area contributed by atoms with Crippen LogP contribution in [0, 0.1) is 0 Å². The Morgan fingerprint density at radius 3 is 2.69 bits per heavy atom. The molecule has 0 saturated heterocycles. The molecule has 0 spiro atoms. The summed E-state index contributed by atoms with van der Waals surface area (Å²) < 4.78 is 3.64. The van der Waals surface area contributed by atoms with Gasteiger partial charge in [-0.25, -0.2) is 19.9 Å². The Morgan fingerprint density at radius 2 is 1.86 bits per heavy atom. The highest BCUT2D eigenvalue weighted by Gasteiger charge is 2.10. The Bertz CT molecular complexity index is 1270. The molecule has 0 aliphatic carbocycles. The first-order valence-corrected chi connectivity index (χ1v) is 8.94. The number of nitrogens with one attached hydrogen (secondary N) is 1. The van der Waals surface area contributed by atoms with Crippen LogP contribution in [-0.4, -0.2) is 44.3 Å². The smallest absolute Gasteiger partial charge is 0.228 e. The zero-order valence-corrected chi connectivity index (χ0v) is 15.5. The van der Waals surface area contributed by atoms with E-state index < -0.39 is 0 Å². The number of rotatable bonds is 5. The van der Waals surface area contributed by atoms with E-state index in [0.29, 0.717) is 18.2 Å². The normalized spacial score (nSPS) is 11.1. The van der Waals surface area contributed by atoms with Crippen molar-refractivity contribution in [2.45, 2.75) is 6.42 Å². The summed E-state index contributed by atoms with van der Waals surface area (Å²) in [4.78, 5) is 17.4. The minimum absolute atomic E-state index is 0.495. The highest BCUT2D eigenvalue weighted by atomic mass is 15.3. The van der Waals surface area contributed by atoms with E-state index in [1.807, 2.05) is 41.9 Å². The number of aromatic nitrogens is 9. The molecule has 0 atom stereocenters. The van der Waals surface area contributed by atoms with Crippen molar-refractivity contribution in [1.29, 1.82) is 0 Å². The van der Waals surface area contributed by atoms with Gasteiger partial charge in [0.1, 0.15) is 17.5 Å². The summed E-state index contributed by atoms with van der Waals surface area (Å²) in [5, 5.41) is 15.9. The first-order chi connectivity index (χ1) is 14.3. The molecular formula is C19H16N10. The average Bonchev–Trinajstić information content (AvgIpc) is 3.35. The Morgan fingerprint density at radius 1 is 0.966 bits per heavy atom. The Labute approximate surface area is 165 Å². The summed E-state index contributed by atoms with van der Waals surface area (Å²) in [6.45, 7) is 0. The molecule has 142 valence electrons. The number of aryl methyl sites for hydroxylation is 1. The molecule has 0 bridgehead atoms. The fourth-order valence-electron chi connectivity index (χ4n) is 2.97. The van der Waals surface area contributed by atoms with Gasteiger partial charge in [-0.1, -0.05) is 0 Å². The maximum atomic E-state index is 4.60. The molecular weight excluding hydrogens is 368 g/mol. The van der Waals surface area contributed by atoms with E-state index in [9.17, 15) is 0 Å². The first-order valence-electron chi connectivity index (χ1n) is 8.94. The standard InChI is InChI=1S/C19H16N10/c1-28-16(4-9-23-28)25-19-22-8-3-14(24-19)13-5-10-29-17(11-13)26-27-18(29)12-15-20-6-2-7-21-15/h2-11H,12H2,1H3,(H,22,24,25). The van der Waals surface area contributed by atoms with Crippen LogP contribution in [0.1, 0.15) is 11.6 Å². The summed E-state index contributed by atoms with van der Waals surface area (Å²) in [6, 6.07) is 9.42. The third-order valence-corrected chi connectivity index (χ3v) is 4.43. The van der Waals surface area contributed by atoms with Gasteiger partial charge in [-0.15, -0.1) is 10.2 Å². The molecule has 10 heteroatoms. The Hall–Kier alpha value is -4.21. The molecule has 5 heterocycles. The lowest BCUT2D eigenvalue weighted by Gasteiger charge is -2.07. The van der Waals surface area contributed by atoms with Gasteiger partial charge in [0.05, 0.1) is 18.3 Å². The number of anilines is 2. The lowest BCUT2D eigenvalue weighted by Crippen LogP contribution is -2.03. The van der Waals surface area contributed by atoms with Gasteiger partial charge in [-0.2, -0.15) is 5.10 Å². The molecule has 0 saturated carbocycles. The number of pyridine rings is 1. The SMILES string of the molecule is Cn1nccc1Nc1nccc(-c2ccn3c(Cc4ncccn4)nnc3c2)n1. The van der Waals surface area contributed by atoms with Crippen molar-refractivity contribution in [1.82, 2.24) is 44.3 Å². The number of hydrogen-bond acceptors (Lipinski definition) is 8. The highest BCUT2D eigenvalue weighted by Crippen LogP contribution is 2.21. The van der Waals surface area contributed by atoms with Crippen LogP contribution in [0.4, 0.5) is 11.8 Å². The molecule has 0 aliphatic rings. The predicted octanol–water partition coefficient (Wildman–Crippen LogP) is 2.04. The molecule has 0 aliphatic heterocycles. The highest BCUT2D eigenvalue weighted by molar-refractivity contribution is 5.65. The van der Waals surface area contributed by atoms with Crippen molar-refractivity contribution in [3.8, 4) is 11.3 Å². The molecule has 5 aromatic rings. The first kappa shape index (κ1) is 16.9. The molecule has 10 nitrogen and oxygen atoms in total. The topological polar surface area (TPSA) is 112 Å². The van der Waals surface area contributed by atoms with Gasteiger partial charge in [-0.05, 0) is 24.3 Å². The third-order valence-electron chi connectivity index (χ3n) is 4.43. The predicted molar refractivity (Wildman–Crippen MR) is 105 cm³/mol. The van der Waals surface area contributed by atoms with Crippen molar-refractivity contribution in [2.24, 2.45) is 7.05 Å². The van der Waals surface area contributed by atoms with E-state index in [1.54, 1.807) is 35.5 Å². The largest absolute Gasteiger partial charge is 0.309 e. The fraction of sp³-hybridized carbons (Fsp3) is 0.105. The van der Waals surface area contributed by atoms with Crippen LogP contribution in [0.2, 0.25) is 0 Å². The van der Waals surface area contributed by atoms with E-state index in [2.05, 4.69) is 40.5 Å². The second-order valence-electron chi connectivity index (χ2n) is 6.33. The van der Waals surface area contributed by atoms with Gasteiger partial charge in [0.25, 0.3) is 0 Å². The maximum Gasteiger partial charge on any atom is 0.228 e. The van der Waals surface area contributed by atoms with Gasteiger partial charge in [0, 0.05) is 43.5 Å². The number of fused-ring (bicyclic) bond motifs is 1. The van der Waals surface area contributed by atoms with Crippen molar-refractivity contribution in [3.63, 3.8) is 0 Å². The van der Waals surface area contributed by atoms with Crippen molar-refractivity contribution < 1.29 is 0 Å². The summed E-state index contributed by atoms with van der Waals surface area (Å²) in [7, 11) is 1.85. The van der Waals surface area contributed by atoms with Crippen LogP contribution < -0.4 is 5.32 Å². The van der Waals surface area contributed by atoms with Crippen molar-refractivity contribution >= 4 is 17.4 Å². The molecule has 5 aromatic heterocycles. The van der Waals surface area contributed by atoms with E-state index >= 15 is 0 Å². The van der Waals surface area contributed by atoms with Crippen LogP contribution >= 0.6 is 0 Å². The monoisotopic (exact) mass is 384 g/mol. The average molecular weight is 384 g/mol. The lowest BCUT2D eigenvalue weighted by molar-refractivity contribution is 0.775. The van der Waals surface area contributed by atoms with Gasteiger partial charge >= 0.3 is 0 Å². The Kier molecular flexibility index (Phi) is 4.13. The molecule has 29 heavy (non-hydrogen) atoms. The lowest BCUT2D eigenvalue weighted by atomic mass is 10.2. The summed E-state index contributed by atoms with van der Waals surface area (Å²) >= 11 is 0. The minimum atomic E-state index is 0.495. The third kappa shape index (κ3) is 3.38. The molecule has 0 aromatic carbocycles. The second-order valence-corrected chi connectivity index (χ2v) is 6.33. The van der Waals surface area contributed by atoms with E-state index in [-0.39, 0.29) is 0 Å². The minimum Gasteiger partial charge on any atom is -0.309 e. The number of hydrogen-bond donors (Lipinski definition) is 1. The van der Waals surface area contributed by atoms with E-state index in [4.69, 9.17) is 0 Å². The van der Waals surface area contributed by atoms with Gasteiger partial charge in [0.2, 0.25) is 5.95 Å².